The summed E-state index contributed by atoms with van der Waals surface area (Å²) in [6.45, 7) is 0. The van der Waals surface area contributed by atoms with E-state index in [0.29, 0.717) is 17.1 Å². The van der Waals surface area contributed by atoms with E-state index in [9.17, 15) is 0 Å². The van der Waals surface area contributed by atoms with Crippen LogP contribution in [0, 0.1) is 11.8 Å². The van der Waals surface area contributed by atoms with E-state index in [4.69, 9.17) is 12.2 Å². The minimum atomic E-state index is 0.555. The molecule has 0 aromatic rings. The predicted molar refractivity (Wildman–Crippen MR) is 78.5 cm³/mol. The molecule has 0 aliphatic heterocycles. The molecule has 0 aromatic carbocycles. The molecule has 0 unspecified atom stereocenters. The summed E-state index contributed by atoms with van der Waals surface area (Å²) in [5.41, 5.74) is 4.28. The van der Waals surface area contributed by atoms with E-state index < -0.39 is 0 Å². The van der Waals surface area contributed by atoms with Gasteiger partial charge in [0.25, 0.3) is 0 Å². The van der Waals surface area contributed by atoms with E-state index in [-0.39, 0.29) is 0 Å². The van der Waals surface area contributed by atoms with Crippen LogP contribution >= 0.6 is 12.2 Å². The standard InChI is InChI=1S/C14H21N3S/c18-14(15-11-6-2-1-3-7-11)17-16-13-9-10-5-4-8-12(10)13/h4,8,10-12H,1-3,5-7,9H2,(H2,15,17,18)/b16-13-/t10-,12+/m0/s1. The molecule has 3 nitrogen and oxygen atoms in total. The lowest BCUT2D eigenvalue weighted by Gasteiger charge is -2.32. The molecule has 3 rings (SSSR count). The Kier molecular flexibility index (Phi) is 3.64. The first-order valence-electron chi connectivity index (χ1n) is 7.12. The molecule has 3 aliphatic rings. The van der Waals surface area contributed by atoms with Crippen LogP contribution in [0.25, 0.3) is 0 Å². The summed E-state index contributed by atoms with van der Waals surface area (Å²) in [5, 5.41) is 8.52. The summed E-state index contributed by atoms with van der Waals surface area (Å²) in [6, 6.07) is 0.555. The van der Waals surface area contributed by atoms with Crippen LogP contribution in [0.2, 0.25) is 0 Å². The fraction of sp³-hybridized carbons (Fsp3) is 0.714. The zero-order chi connectivity index (χ0) is 12.4. The molecule has 0 heterocycles. The van der Waals surface area contributed by atoms with Crippen molar-refractivity contribution in [3.05, 3.63) is 12.2 Å². The van der Waals surface area contributed by atoms with Crippen molar-refractivity contribution in [3.8, 4) is 0 Å². The Balaban J connectivity index is 1.44. The van der Waals surface area contributed by atoms with Crippen LogP contribution in [0.5, 0.6) is 0 Å². The lowest BCUT2D eigenvalue weighted by atomic mass is 9.74. The molecule has 2 atom stereocenters. The third-order valence-corrected chi connectivity index (χ3v) is 4.60. The van der Waals surface area contributed by atoms with Gasteiger partial charge in [0.05, 0.1) is 0 Å². The van der Waals surface area contributed by atoms with Gasteiger partial charge in [-0.2, -0.15) is 5.10 Å². The summed E-state index contributed by atoms with van der Waals surface area (Å²) < 4.78 is 0. The van der Waals surface area contributed by atoms with Crippen molar-refractivity contribution >= 4 is 23.0 Å². The van der Waals surface area contributed by atoms with Crippen molar-refractivity contribution in [1.29, 1.82) is 0 Å². The number of hydrazone groups is 1. The smallest absolute Gasteiger partial charge is 0.187 e. The minimum Gasteiger partial charge on any atom is -0.359 e. The topological polar surface area (TPSA) is 36.4 Å². The van der Waals surface area contributed by atoms with Gasteiger partial charge in [0, 0.05) is 17.7 Å². The van der Waals surface area contributed by atoms with Gasteiger partial charge >= 0.3 is 0 Å². The second kappa shape index (κ2) is 5.39. The number of allylic oxidation sites excluding steroid dienone is 2. The number of thiocarbonyl (C=S) groups is 1. The normalized spacial score (nSPS) is 33.0. The van der Waals surface area contributed by atoms with Gasteiger partial charge in [-0.1, -0.05) is 31.4 Å². The Morgan fingerprint density at radius 1 is 1.28 bits per heavy atom. The third kappa shape index (κ3) is 2.58. The first kappa shape index (κ1) is 12.2. The summed E-state index contributed by atoms with van der Waals surface area (Å²) in [7, 11) is 0. The lowest BCUT2D eigenvalue weighted by molar-refractivity contribution is 0.411. The fourth-order valence-corrected chi connectivity index (χ4v) is 3.46. The van der Waals surface area contributed by atoms with Gasteiger partial charge in [-0.25, -0.2) is 0 Å². The molecule has 98 valence electrons. The fourth-order valence-electron chi connectivity index (χ4n) is 3.25. The van der Waals surface area contributed by atoms with Gasteiger partial charge in [-0.3, -0.25) is 5.43 Å². The number of hydrogen-bond donors (Lipinski definition) is 2. The quantitative estimate of drug-likeness (QED) is 0.457. The molecule has 2 saturated carbocycles. The first-order valence-corrected chi connectivity index (χ1v) is 7.53. The lowest BCUT2D eigenvalue weighted by Crippen LogP contribution is -2.42. The van der Waals surface area contributed by atoms with E-state index in [0.717, 1.165) is 12.3 Å². The van der Waals surface area contributed by atoms with Crippen molar-refractivity contribution in [2.24, 2.45) is 16.9 Å². The Hall–Kier alpha value is -0.900. The molecular formula is C14H21N3S. The van der Waals surface area contributed by atoms with Gasteiger partial charge < -0.3 is 5.32 Å². The highest BCUT2D eigenvalue weighted by molar-refractivity contribution is 7.80. The van der Waals surface area contributed by atoms with E-state index in [1.807, 2.05) is 0 Å². The monoisotopic (exact) mass is 263 g/mol. The average Bonchev–Trinajstić information content (AvgIpc) is 2.72. The second-order valence-electron chi connectivity index (χ2n) is 5.68. The van der Waals surface area contributed by atoms with Gasteiger partial charge in [0.1, 0.15) is 0 Å². The van der Waals surface area contributed by atoms with Crippen LogP contribution < -0.4 is 10.7 Å². The molecule has 0 saturated heterocycles. The SMILES string of the molecule is S=C(N/N=C1/C[C@@H]2CC=C[C@@H]12)NC1CCCCC1. The van der Waals surface area contributed by atoms with E-state index in [1.54, 1.807) is 0 Å². The average molecular weight is 263 g/mol. The molecule has 0 spiro atoms. The van der Waals surface area contributed by atoms with Crippen molar-refractivity contribution < 1.29 is 0 Å². The van der Waals surface area contributed by atoms with Gasteiger partial charge in [0.2, 0.25) is 0 Å². The molecule has 0 bridgehead atoms. The van der Waals surface area contributed by atoms with Crippen LogP contribution in [0.4, 0.5) is 0 Å². The molecule has 2 fully saturated rings. The van der Waals surface area contributed by atoms with Crippen LogP contribution in [0.15, 0.2) is 17.3 Å². The highest BCUT2D eigenvalue weighted by Gasteiger charge is 2.37. The Morgan fingerprint density at radius 3 is 2.89 bits per heavy atom. The van der Waals surface area contributed by atoms with Crippen molar-refractivity contribution in [3.63, 3.8) is 0 Å². The van der Waals surface area contributed by atoms with Gasteiger partial charge in [-0.15, -0.1) is 0 Å². The van der Waals surface area contributed by atoms with Crippen LogP contribution in [0.3, 0.4) is 0 Å². The molecule has 0 radical (unpaired) electrons. The first-order chi connectivity index (χ1) is 8.83. The number of rotatable bonds is 2. The van der Waals surface area contributed by atoms with Gasteiger partial charge in [0.15, 0.2) is 5.11 Å². The maximum atomic E-state index is 5.30. The largest absolute Gasteiger partial charge is 0.359 e. The van der Waals surface area contributed by atoms with Crippen molar-refractivity contribution in [1.82, 2.24) is 10.7 Å². The van der Waals surface area contributed by atoms with Crippen LogP contribution in [-0.4, -0.2) is 16.9 Å². The Labute approximate surface area is 114 Å². The molecule has 3 aliphatic carbocycles. The molecular weight excluding hydrogens is 242 g/mol. The molecule has 0 amide bonds. The maximum Gasteiger partial charge on any atom is 0.187 e. The van der Waals surface area contributed by atoms with E-state index >= 15 is 0 Å². The zero-order valence-electron chi connectivity index (χ0n) is 10.7. The Bertz CT molecular complexity index is 383. The molecule has 2 N–H and O–H groups in total. The summed E-state index contributed by atoms with van der Waals surface area (Å²) in [6.07, 6.45) is 13.4. The van der Waals surface area contributed by atoms with Crippen LogP contribution in [-0.2, 0) is 0 Å². The van der Waals surface area contributed by atoms with Crippen molar-refractivity contribution in [2.45, 2.75) is 51.0 Å². The van der Waals surface area contributed by atoms with Crippen LogP contribution in [0.1, 0.15) is 44.9 Å². The number of hydrogen-bond acceptors (Lipinski definition) is 2. The molecule has 4 heteroatoms. The summed E-state index contributed by atoms with van der Waals surface area (Å²) in [4.78, 5) is 0. The summed E-state index contributed by atoms with van der Waals surface area (Å²) in [5.74, 6) is 1.42. The maximum absolute atomic E-state index is 5.30. The minimum absolute atomic E-state index is 0.555. The highest BCUT2D eigenvalue weighted by Crippen LogP contribution is 2.40. The summed E-state index contributed by atoms with van der Waals surface area (Å²) >= 11 is 5.30. The second-order valence-corrected chi connectivity index (χ2v) is 6.09. The van der Waals surface area contributed by atoms with E-state index in [1.165, 1.54) is 44.2 Å². The number of fused-ring (bicyclic) bond motifs is 1. The van der Waals surface area contributed by atoms with Crippen molar-refractivity contribution in [2.75, 3.05) is 0 Å². The molecule has 0 aromatic heterocycles. The molecule has 18 heavy (non-hydrogen) atoms. The third-order valence-electron chi connectivity index (χ3n) is 4.39. The van der Waals surface area contributed by atoms with E-state index in [2.05, 4.69) is 28.0 Å². The zero-order valence-corrected chi connectivity index (χ0v) is 11.5. The highest BCUT2D eigenvalue weighted by atomic mass is 32.1. The number of nitrogens with one attached hydrogen (secondary N) is 2. The number of nitrogens with zero attached hydrogens (tertiary/aromatic N) is 1. The van der Waals surface area contributed by atoms with Gasteiger partial charge in [-0.05, 0) is 43.8 Å². The Morgan fingerprint density at radius 2 is 2.11 bits per heavy atom. The predicted octanol–water partition coefficient (Wildman–Crippen LogP) is 2.74.